The minimum absolute atomic E-state index is 0.235. The van der Waals surface area contributed by atoms with Crippen molar-refractivity contribution in [2.75, 3.05) is 34.8 Å². The van der Waals surface area contributed by atoms with Crippen LogP contribution in [0.4, 0.5) is 4.39 Å². The summed E-state index contributed by atoms with van der Waals surface area (Å²) in [6, 6.07) is 5.54. The van der Waals surface area contributed by atoms with E-state index in [0.717, 1.165) is 12.1 Å². The van der Waals surface area contributed by atoms with Crippen LogP contribution in [-0.4, -0.2) is 39.7 Å². The Labute approximate surface area is 114 Å². The smallest absolute Gasteiger partial charge is 0.165 e. The zero-order chi connectivity index (χ0) is 14.0. The highest BCUT2D eigenvalue weighted by molar-refractivity contribution is 5.33. The van der Waals surface area contributed by atoms with Gasteiger partial charge in [-0.25, -0.2) is 4.39 Å². The van der Waals surface area contributed by atoms with Crippen LogP contribution in [0.2, 0.25) is 0 Å². The number of nitrogens with zero attached hydrogens (tertiary/aromatic N) is 1. The first-order valence-corrected chi connectivity index (χ1v) is 6.68. The predicted molar refractivity (Wildman–Crippen MR) is 75.0 cm³/mol. The Morgan fingerprint density at radius 3 is 2.53 bits per heavy atom. The Balaban J connectivity index is 2.32. The molecule has 3 nitrogen and oxygen atoms in total. The van der Waals surface area contributed by atoms with E-state index in [1.54, 1.807) is 12.1 Å². The number of ether oxygens (including phenoxy) is 1. The molecule has 0 radical (unpaired) electrons. The molecule has 1 N–H and O–H groups in total. The lowest BCUT2D eigenvalue weighted by Gasteiger charge is -2.33. The van der Waals surface area contributed by atoms with Gasteiger partial charge in [-0.05, 0) is 51.7 Å². The largest absolute Gasteiger partial charge is 0.494 e. The molecule has 0 bridgehead atoms. The van der Waals surface area contributed by atoms with Gasteiger partial charge in [0.2, 0.25) is 0 Å². The minimum atomic E-state index is -0.285. The first-order chi connectivity index (χ1) is 9.04. The summed E-state index contributed by atoms with van der Waals surface area (Å²) in [5, 5.41) is 3.27. The van der Waals surface area contributed by atoms with Gasteiger partial charge in [-0.15, -0.1) is 0 Å². The lowest BCUT2D eigenvalue weighted by Crippen LogP contribution is -2.34. The van der Waals surface area contributed by atoms with E-state index in [9.17, 15) is 4.39 Å². The zero-order valence-electron chi connectivity index (χ0n) is 12.2. The second kappa shape index (κ2) is 5.47. The topological polar surface area (TPSA) is 24.5 Å². The van der Waals surface area contributed by atoms with E-state index in [1.165, 1.54) is 20.0 Å². The van der Waals surface area contributed by atoms with E-state index in [1.807, 2.05) is 13.1 Å². The van der Waals surface area contributed by atoms with Gasteiger partial charge in [0.05, 0.1) is 7.11 Å². The first-order valence-electron chi connectivity index (χ1n) is 6.68. The molecule has 2 rings (SSSR count). The Hall–Kier alpha value is -1.13. The van der Waals surface area contributed by atoms with E-state index < -0.39 is 0 Å². The first kappa shape index (κ1) is 14.3. The van der Waals surface area contributed by atoms with Crippen molar-refractivity contribution < 1.29 is 9.13 Å². The molecule has 0 heterocycles. The minimum Gasteiger partial charge on any atom is -0.494 e. The summed E-state index contributed by atoms with van der Waals surface area (Å²) < 4.78 is 18.9. The average molecular weight is 266 g/mol. The fourth-order valence-electron chi connectivity index (χ4n) is 3.11. The molecule has 1 aromatic carbocycles. The maximum absolute atomic E-state index is 13.9. The van der Waals surface area contributed by atoms with Crippen LogP contribution in [0.1, 0.15) is 24.4 Å². The molecule has 0 aromatic heterocycles. The fraction of sp³-hybridized carbons (Fsp3) is 0.600. The van der Waals surface area contributed by atoms with E-state index >= 15 is 0 Å². The number of hydrogen-bond donors (Lipinski definition) is 1. The van der Waals surface area contributed by atoms with Gasteiger partial charge in [-0.3, -0.25) is 0 Å². The SMILES string of the molecule is CNCC1(C(c2ccc(OC)c(F)c2)N(C)C)CC1. The maximum Gasteiger partial charge on any atom is 0.165 e. The van der Waals surface area contributed by atoms with Crippen molar-refractivity contribution in [1.82, 2.24) is 10.2 Å². The molecule has 106 valence electrons. The summed E-state index contributed by atoms with van der Waals surface area (Å²) in [6.45, 7) is 0.962. The predicted octanol–water partition coefficient (Wildman–Crippen LogP) is 2.44. The summed E-state index contributed by atoms with van der Waals surface area (Å²) in [7, 11) is 7.58. The van der Waals surface area contributed by atoms with E-state index in [4.69, 9.17) is 4.74 Å². The molecule has 1 aliphatic rings. The molecule has 1 aromatic rings. The van der Waals surface area contributed by atoms with E-state index in [2.05, 4.69) is 24.3 Å². The summed E-state index contributed by atoms with van der Waals surface area (Å²) in [5.74, 6) is 0.0202. The van der Waals surface area contributed by atoms with E-state index in [-0.39, 0.29) is 17.3 Å². The normalized spacial score (nSPS) is 18.4. The lowest BCUT2D eigenvalue weighted by atomic mass is 9.89. The van der Waals surface area contributed by atoms with Gasteiger partial charge in [-0.2, -0.15) is 0 Å². The molecule has 0 saturated heterocycles. The van der Waals surface area contributed by atoms with Crippen molar-refractivity contribution in [1.29, 1.82) is 0 Å². The molecule has 4 heteroatoms. The highest BCUT2D eigenvalue weighted by atomic mass is 19.1. The number of methoxy groups -OCH3 is 1. The molecule has 1 saturated carbocycles. The lowest BCUT2D eigenvalue weighted by molar-refractivity contribution is 0.191. The quantitative estimate of drug-likeness (QED) is 0.856. The molecule has 0 aliphatic heterocycles. The molecule has 1 unspecified atom stereocenters. The van der Waals surface area contributed by atoms with Crippen LogP contribution in [-0.2, 0) is 0 Å². The van der Waals surface area contributed by atoms with Crippen molar-refractivity contribution in [2.24, 2.45) is 5.41 Å². The summed E-state index contributed by atoms with van der Waals surface area (Å²) >= 11 is 0. The molecule has 1 atom stereocenters. The highest BCUT2D eigenvalue weighted by Crippen LogP contribution is 2.56. The Morgan fingerprint density at radius 2 is 2.11 bits per heavy atom. The molecule has 19 heavy (non-hydrogen) atoms. The van der Waals surface area contributed by atoms with Crippen molar-refractivity contribution in [2.45, 2.75) is 18.9 Å². The van der Waals surface area contributed by atoms with Crippen molar-refractivity contribution in [3.05, 3.63) is 29.6 Å². The third-order valence-corrected chi connectivity index (χ3v) is 4.01. The number of benzene rings is 1. The monoisotopic (exact) mass is 266 g/mol. The zero-order valence-corrected chi connectivity index (χ0v) is 12.2. The summed E-state index contributed by atoms with van der Waals surface area (Å²) in [4.78, 5) is 2.19. The Kier molecular flexibility index (Phi) is 4.11. The highest BCUT2D eigenvalue weighted by Gasteiger charge is 2.50. The van der Waals surface area contributed by atoms with Gasteiger partial charge < -0.3 is 15.0 Å². The molecular weight excluding hydrogens is 243 g/mol. The molecule has 0 amide bonds. The second-order valence-electron chi connectivity index (χ2n) is 5.65. The van der Waals surface area contributed by atoms with Crippen LogP contribution >= 0.6 is 0 Å². The average Bonchev–Trinajstić information content (AvgIpc) is 3.10. The molecular formula is C15H23FN2O. The van der Waals surface area contributed by atoms with Gasteiger partial charge >= 0.3 is 0 Å². The number of nitrogens with one attached hydrogen (secondary N) is 1. The van der Waals surface area contributed by atoms with Crippen LogP contribution in [0, 0.1) is 11.2 Å². The Morgan fingerprint density at radius 1 is 1.42 bits per heavy atom. The van der Waals surface area contributed by atoms with Crippen LogP contribution in [0.15, 0.2) is 18.2 Å². The Bertz CT molecular complexity index is 444. The number of rotatable bonds is 6. The second-order valence-corrected chi connectivity index (χ2v) is 5.65. The van der Waals surface area contributed by atoms with Gasteiger partial charge in [-0.1, -0.05) is 6.07 Å². The fourth-order valence-corrected chi connectivity index (χ4v) is 3.11. The molecule has 1 aliphatic carbocycles. The van der Waals surface area contributed by atoms with Crippen molar-refractivity contribution in [3.63, 3.8) is 0 Å². The molecule has 0 spiro atoms. The van der Waals surface area contributed by atoms with Crippen molar-refractivity contribution >= 4 is 0 Å². The van der Waals surface area contributed by atoms with Crippen molar-refractivity contribution in [3.8, 4) is 5.75 Å². The maximum atomic E-state index is 13.9. The van der Waals surface area contributed by atoms with Gasteiger partial charge in [0.25, 0.3) is 0 Å². The van der Waals surface area contributed by atoms with Crippen LogP contribution in [0.5, 0.6) is 5.75 Å². The van der Waals surface area contributed by atoms with Gasteiger partial charge in [0, 0.05) is 18.0 Å². The third kappa shape index (κ3) is 2.74. The molecule has 1 fully saturated rings. The standard InChI is InChI=1S/C15H23FN2O/c1-17-10-15(7-8-15)14(18(2)3)11-5-6-13(19-4)12(16)9-11/h5-6,9,14,17H,7-8,10H2,1-4H3. The van der Waals surface area contributed by atoms with Crippen LogP contribution in [0.3, 0.4) is 0 Å². The van der Waals surface area contributed by atoms with Crippen LogP contribution < -0.4 is 10.1 Å². The number of halogens is 1. The number of hydrogen-bond acceptors (Lipinski definition) is 3. The van der Waals surface area contributed by atoms with E-state index in [0.29, 0.717) is 5.75 Å². The summed E-state index contributed by atoms with van der Waals surface area (Å²) in [6.07, 6.45) is 2.37. The third-order valence-electron chi connectivity index (χ3n) is 4.01. The van der Waals surface area contributed by atoms with Gasteiger partial charge in [0.1, 0.15) is 0 Å². The van der Waals surface area contributed by atoms with Crippen LogP contribution in [0.25, 0.3) is 0 Å². The van der Waals surface area contributed by atoms with Gasteiger partial charge in [0.15, 0.2) is 11.6 Å². The summed E-state index contributed by atoms with van der Waals surface area (Å²) in [5.41, 5.74) is 1.26.